The second-order valence-corrected chi connectivity index (χ2v) is 19.4. The molecule has 4 amide bonds. The minimum Gasteiger partial charge on any atom is -0.544 e. The van der Waals surface area contributed by atoms with Gasteiger partial charge in [-0.3, -0.25) is 19.2 Å². The molecule has 24 heteroatoms. The fourth-order valence-electron chi connectivity index (χ4n) is 10.5. The van der Waals surface area contributed by atoms with Crippen molar-refractivity contribution in [1.29, 1.82) is 0 Å². The van der Waals surface area contributed by atoms with Crippen molar-refractivity contribution in [2.45, 2.75) is 31.2 Å². The number of pyridine rings is 1. The van der Waals surface area contributed by atoms with E-state index in [9.17, 15) is 42.3 Å². The predicted molar refractivity (Wildman–Crippen MR) is 244 cm³/mol. The van der Waals surface area contributed by atoms with Crippen LogP contribution in [0.4, 0.5) is 18.9 Å². The third kappa shape index (κ3) is 9.46. The molecular formula is C46H51ClF3N13O7. The van der Waals surface area contributed by atoms with E-state index in [1.54, 1.807) is 20.8 Å². The number of carboxylic acid groups (broad SMARTS) is 1. The highest BCUT2D eigenvalue weighted by Gasteiger charge is 2.42. The van der Waals surface area contributed by atoms with Crippen LogP contribution in [0, 0.1) is 11.8 Å². The molecule has 9 heterocycles. The van der Waals surface area contributed by atoms with Gasteiger partial charge in [0.05, 0.1) is 71.4 Å². The number of halogens is 4. The summed E-state index contributed by atoms with van der Waals surface area (Å²) in [7, 11) is 1.39. The van der Waals surface area contributed by atoms with Crippen molar-refractivity contribution in [1.82, 2.24) is 54.6 Å². The van der Waals surface area contributed by atoms with Gasteiger partial charge in [-0.05, 0) is 24.3 Å². The second kappa shape index (κ2) is 18.7. The molecule has 2 bridgehead atoms. The Hall–Kier alpha value is -6.40. The zero-order valence-electron chi connectivity index (χ0n) is 38.1. The maximum Gasteiger partial charge on any atom is 0.435 e. The van der Waals surface area contributed by atoms with Crippen LogP contribution >= 0.6 is 11.6 Å². The lowest BCUT2D eigenvalue weighted by molar-refractivity contribution is -0.931. The third-order valence-corrected chi connectivity index (χ3v) is 14.5. The zero-order chi connectivity index (χ0) is 49.1. The number of carbonyl (C=O) groups is 5. The highest BCUT2D eigenvalue weighted by Crippen LogP contribution is 2.37. The van der Waals surface area contributed by atoms with E-state index in [2.05, 4.69) is 36.0 Å². The van der Waals surface area contributed by atoms with Gasteiger partial charge < -0.3 is 59.3 Å². The number of piperazine rings is 1. The molecule has 4 N–H and O–H groups in total. The molecule has 10 rings (SSSR count). The lowest BCUT2D eigenvalue weighted by atomic mass is 9.90. The molecule has 0 saturated carbocycles. The summed E-state index contributed by atoms with van der Waals surface area (Å²) in [5.74, 6) is -2.39. The first-order valence-electron chi connectivity index (χ1n) is 23.3. The van der Waals surface area contributed by atoms with Crippen LogP contribution in [0.2, 0.25) is 5.02 Å². The van der Waals surface area contributed by atoms with Gasteiger partial charge in [0.15, 0.2) is 17.3 Å². The fraction of sp³-hybridized carbons (Fsp3) is 0.478. The van der Waals surface area contributed by atoms with Gasteiger partial charge in [0.2, 0.25) is 5.91 Å². The Bertz CT molecular complexity index is 2850. The third-order valence-electron chi connectivity index (χ3n) is 14.2. The number of hydrogen-bond acceptors (Lipinski definition) is 12. The molecule has 0 spiro atoms. The standard InChI is InChI=1S/C46H51ClF3N13O7/c1-58-37(33-23-62(57-40(33)46(48,49)50)38-14-35-28(17-53-38)12-36(56-35)45(69)61-21-30-18-52-19-31(22-61)70-30)20-54-41(58)42(66)55-29-2-3-32(34(47)13-29)44(68)60-8-6-59(7-9-60)43(67)27-4-10-63(11-5-27,25-39(64)65)24-26-15-51-16-26/h2-3,12-14,17,20,23,26-27,30-31,51-52H,4-11,15-16,18-19,21-22,24-25H2,1H3,(H2-,53,55,56,64,65,66,68,69)/t27?,30-,31+,63?. The van der Waals surface area contributed by atoms with Crippen molar-refractivity contribution in [3.63, 3.8) is 0 Å². The quantitative estimate of drug-likeness (QED) is 0.138. The maximum absolute atomic E-state index is 14.6. The topological polar surface area (TPSA) is 228 Å². The smallest absolute Gasteiger partial charge is 0.435 e. The molecule has 0 radical (unpaired) electrons. The number of carboxylic acids is 1. The Balaban J connectivity index is 0.768. The van der Waals surface area contributed by atoms with Crippen molar-refractivity contribution in [3.05, 3.63) is 76.7 Å². The first kappa shape index (κ1) is 47.3. The number of H-pyrrole nitrogens is 1. The van der Waals surface area contributed by atoms with Crippen molar-refractivity contribution in [3.8, 4) is 17.1 Å². The van der Waals surface area contributed by atoms with Crippen LogP contribution in [0.5, 0.6) is 0 Å². The summed E-state index contributed by atoms with van der Waals surface area (Å²) in [5.41, 5.74) is -0.506. The molecule has 1 aromatic carbocycles. The minimum absolute atomic E-state index is 0.00887. The summed E-state index contributed by atoms with van der Waals surface area (Å²) in [6.07, 6.45) is -0.232. The van der Waals surface area contributed by atoms with E-state index in [0.717, 1.165) is 36.7 Å². The monoisotopic (exact) mass is 989 g/mol. The number of hydrogen-bond donors (Lipinski definition) is 4. The molecule has 0 unspecified atom stereocenters. The summed E-state index contributed by atoms with van der Waals surface area (Å²) in [6.45, 7) is 6.97. The molecule has 0 aliphatic carbocycles. The summed E-state index contributed by atoms with van der Waals surface area (Å²) in [6, 6.07) is 7.48. The van der Waals surface area contributed by atoms with Crippen LogP contribution in [0.25, 0.3) is 28.0 Å². The van der Waals surface area contributed by atoms with Crippen LogP contribution < -0.4 is 21.1 Å². The SMILES string of the molecule is Cn1c(-c2cn(-c3cc4[nH]c(C(=O)N5C[C@H]6CNC[C@@H](C5)O6)cc4cn3)nc2C(F)(F)F)cnc1C(=O)Nc1ccc(C(=O)N2CCN(C(=O)C3CC[N+](CC(=O)[O-])(CC4CNC4)CC3)CC2)c(Cl)c1. The Kier molecular flexibility index (Phi) is 12.7. The number of carbonyl (C=O) groups excluding carboxylic acids is 5. The molecule has 70 heavy (non-hydrogen) atoms. The fourth-order valence-corrected chi connectivity index (χ4v) is 10.7. The molecule has 5 aromatic rings. The van der Waals surface area contributed by atoms with Gasteiger partial charge in [-0.1, -0.05) is 11.6 Å². The maximum atomic E-state index is 14.6. The Morgan fingerprint density at radius 1 is 0.900 bits per heavy atom. The number of aromatic nitrogens is 6. The average Bonchev–Trinajstić information content (AvgIpc) is 4.06. The van der Waals surface area contributed by atoms with E-state index in [1.807, 2.05) is 0 Å². The molecule has 2 atom stereocenters. The largest absolute Gasteiger partial charge is 0.544 e. The Morgan fingerprint density at radius 3 is 2.26 bits per heavy atom. The van der Waals surface area contributed by atoms with Crippen LogP contribution in [-0.2, 0) is 27.5 Å². The lowest BCUT2D eigenvalue weighted by Gasteiger charge is -2.47. The number of morpholine rings is 2. The molecule has 370 valence electrons. The van der Waals surface area contributed by atoms with E-state index < -0.39 is 23.7 Å². The normalized spacial score (nSPS) is 23.0. The molecule has 4 aromatic heterocycles. The number of imidazole rings is 1. The van der Waals surface area contributed by atoms with Gasteiger partial charge in [0.1, 0.15) is 12.2 Å². The van der Waals surface area contributed by atoms with Gasteiger partial charge in [-0.25, -0.2) is 14.6 Å². The number of quaternary nitrogens is 1. The lowest BCUT2D eigenvalue weighted by Crippen LogP contribution is -2.63. The number of aliphatic carboxylic acids is 1. The number of amides is 4. The highest BCUT2D eigenvalue weighted by molar-refractivity contribution is 6.34. The molecule has 5 saturated heterocycles. The number of nitrogens with zero attached hydrogens (tertiary/aromatic N) is 9. The van der Waals surface area contributed by atoms with Gasteiger partial charge in [0.25, 0.3) is 17.7 Å². The van der Waals surface area contributed by atoms with Crippen LogP contribution in [0.15, 0.2) is 48.9 Å². The predicted octanol–water partition coefficient (Wildman–Crippen LogP) is 1.37. The first-order valence-corrected chi connectivity index (χ1v) is 23.7. The number of ether oxygens (including phenoxy) is 1. The molecule has 20 nitrogen and oxygen atoms in total. The highest BCUT2D eigenvalue weighted by atomic mass is 35.5. The van der Waals surface area contributed by atoms with Crippen molar-refractivity contribution in [2.75, 3.05) is 96.9 Å². The van der Waals surface area contributed by atoms with E-state index in [0.29, 0.717) is 92.2 Å². The van der Waals surface area contributed by atoms with Crippen LogP contribution in [0.1, 0.15) is 50.0 Å². The number of benzene rings is 1. The van der Waals surface area contributed by atoms with Gasteiger partial charge in [-0.15, -0.1) is 0 Å². The summed E-state index contributed by atoms with van der Waals surface area (Å²) < 4.78 is 52.2. The summed E-state index contributed by atoms with van der Waals surface area (Å²) >= 11 is 6.60. The van der Waals surface area contributed by atoms with Crippen molar-refractivity contribution < 1.29 is 51.5 Å². The number of rotatable bonds is 11. The number of likely N-dealkylation sites (tertiary alicyclic amines) is 1. The Morgan fingerprint density at radius 2 is 1.60 bits per heavy atom. The van der Waals surface area contributed by atoms with E-state index in [1.165, 1.54) is 42.1 Å². The Labute approximate surface area is 403 Å². The molecule has 5 aliphatic heterocycles. The van der Waals surface area contributed by atoms with Crippen LogP contribution in [-0.4, -0.2) is 182 Å². The van der Waals surface area contributed by atoms with Crippen LogP contribution in [0.3, 0.4) is 0 Å². The number of piperidine rings is 1. The minimum atomic E-state index is -4.91. The summed E-state index contributed by atoms with van der Waals surface area (Å²) in [4.78, 5) is 82.5. The number of anilines is 1. The van der Waals surface area contributed by atoms with E-state index in [-0.39, 0.29) is 94.7 Å². The van der Waals surface area contributed by atoms with E-state index in [4.69, 9.17) is 16.3 Å². The van der Waals surface area contributed by atoms with Gasteiger partial charge in [0, 0.05) is 127 Å². The summed E-state index contributed by atoms with van der Waals surface area (Å²) in [5, 5.41) is 25.3. The number of alkyl halides is 3. The number of fused-ring (bicyclic) bond motifs is 3. The van der Waals surface area contributed by atoms with Crippen molar-refractivity contribution >= 4 is 57.8 Å². The number of nitrogens with one attached hydrogen (secondary N) is 4. The van der Waals surface area contributed by atoms with E-state index >= 15 is 0 Å². The van der Waals surface area contributed by atoms with Crippen molar-refractivity contribution in [2.24, 2.45) is 18.9 Å². The first-order chi connectivity index (χ1) is 33.5. The molecular weight excluding hydrogens is 939 g/mol. The average molecular weight is 990 g/mol. The van der Waals surface area contributed by atoms with Gasteiger partial charge >= 0.3 is 6.18 Å². The number of aromatic amines is 1. The zero-order valence-corrected chi connectivity index (χ0v) is 38.9. The molecule has 5 fully saturated rings. The second-order valence-electron chi connectivity index (χ2n) is 19.0. The van der Waals surface area contributed by atoms with Gasteiger partial charge in [-0.2, -0.15) is 18.3 Å². The molecule has 5 aliphatic rings.